The van der Waals surface area contributed by atoms with Crippen molar-refractivity contribution in [1.29, 1.82) is 0 Å². The minimum Gasteiger partial charge on any atom is -0.332 e. The van der Waals surface area contributed by atoms with Gasteiger partial charge in [-0.3, -0.25) is 30.7 Å². The van der Waals surface area contributed by atoms with Crippen LogP contribution in [-0.2, 0) is 0 Å². The third-order valence-electron chi connectivity index (χ3n) is 5.45. The van der Waals surface area contributed by atoms with Crippen LogP contribution in [0.4, 0.5) is 23.0 Å². The Bertz CT molecular complexity index is 1600. The van der Waals surface area contributed by atoms with Gasteiger partial charge in [-0.2, -0.15) is 0 Å². The van der Waals surface area contributed by atoms with Crippen LogP contribution in [0.15, 0.2) is 79.1 Å². The summed E-state index contributed by atoms with van der Waals surface area (Å²) in [6, 6.07) is 22.1. The standard InChI is InChI=1S/C25H19N7O3/c1-15-12-13-17-8-5-11-20(21(17)28-15)29-23-22(32(34)35)24(27-14-26-23)30-31-25(33)19-10-4-7-16-6-2-3-9-18(16)19/h2-14H,1H3,(H,31,33)(H2,26,27,29,30). The zero-order valence-corrected chi connectivity index (χ0v) is 18.5. The molecule has 0 spiro atoms. The van der Waals surface area contributed by atoms with Crippen LogP contribution < -0.4 is 16.2 Å². The maximum absolute atomic E-state index is 12.9. The Labute approximate surface area is 199 Å². The highest BCUT2D eigenvalue weighted by molar-refractivity contribution is 6.07. The summed E-state index contributed by atoms with van der Waals surface area (Å²) in [5, 5.41) is 17.5. The highest BCUT2D eigenvalue weighted by atomic mass is 16.6. The fourth-order valence-electron chi connectivity index (χ4n) is 3.81. The van der Waals surface area contributed by atoms with Crippen molar-refractivity contribution in [3.8, 4) is 0 Å². The van der Waals surface area contributed by atoms with Gasteiger partial charge >= 0.3 is 5.69 Å². The number of hydrogen-bond donors (Lipinski definition) is 3. The smallest absolute Gasteiger partial charge is 0.332 e. The molecule has 0 unspecified atom stereocenters. The topological polar surface area (TPSA) is 135 Å². The number of pyridine rings is 1. The molecule has 0 aliphatic carbocycles. The summed E-state index contributed by atoms with van der Waals surface area (Å²) in [4.78, 5) is 36.8. The molecule has 0 atom stereocenters. The molecule has 3 N–H and O–H groups in total. The van der Waals surface area contributed by atoms with E-state index in [1.807, 2.05) is 61.5 Å². The Morgan fingerprint density at radius 3 is 2.49 bits per heavy atom. The lowest BCUT2D eigenvalue weighted by Gasteiger charge is -2.12. The first kappa shape index (κ1) is 21.7. The van der Waals surface area contributed by atoms with E-state index >= 15 is 0 Å². The lowest BCUT2D eigenvalue weighted by atomic mass is 10.0. The average molecular weight is 465 g/mol. The minimum atomic E-state index is -0.613. The molecule has 0 aliphatic heterocycles. The summed E-state index contributed by atoms with van der Waals surface area (Å²) in [7, 11) is 0. The number of fused-ring (bicyclic) bond motifs is 2. The van der Waals surface area contributed by atoms with Crippen molar-refractivity contribution in [1.82, 2.24) is 20.4 Å². The first-order chi connectivity index (χ1) is 17.0. The molecule has 0 radical (unpaired) electrons. The monoisotopic (exact) mass is 465 g/mol. The number of nitro groups is 1. The zero-order valence-electron chi connectivity index (χ0n) is 18.5. The number of rotatable bonds is 6. The van der Waals surface area contributed by atoms with Crippen molar-refractivity contribution in [3.63, 3.8) is 0 Å². The summed E-state index contributed by atoms with van der Waals surface area (Å²) in [5.74, 6) is -0.661. The van der Waals surface area contributed by atoms with Crippen molar-refractivity contribution in [2.75, 3.05) is 10.7 Å². The van der Waals surface area contributed by atoms with E-state index < -0.39 is 16.5 Å². The van der Waals surface area contributed by atoms with Gasteiger partial charge in [0.15, 0.2) is 0 Å². The minimum absolute atomic E-state index is 0.0392. The van der Waals surface area contributed by atoms with E-state index in [1.54, 1.807) is 18.2 Å². The van der Waals surface area contributed by atoms with Crippen LogP contribution >= 0.6 is 0 Å². The SMILES string of the molecule is Cc1ccc2cccc(Nc3ncnc(NNC(=O)c4cccc5ccccc45)c3[N+](=O)[O-])c2n1. The highest BCUT2D eigenvalue weighted by Crippen LogP contribution is 2.33. The van der Waals surface area contributed by atoms with Gasteiger partial charge in [0.2, 0.25) is 11.6 Å². The van der Waals surface area contributed by atoms with Gasteiger partial charge < -0.3 is 5.32 Å². The molecule has 10 nitrogen and oxygen atoms in total. The summed E-state index contributed by atoms with van der Waals surface area (Å²) < 4.78 is 0. The molecule has 5 aromatic rings. The number of aromatic nitrogens is 3. The molecule has 172 valence electrons. The maximum atomic E-state index is 12.9. The Balaban J connectivity index is 1.45. The predicted octanol–water partition coefficient (Wildman–Crippen LogP) is 4.90. The zero-order chi connectivity index (χ0) is 24.4. The molecule has 2 heterocycles. The molecule has 0 fully saturated rings. The second-order valence-electron chi connectivity index (χ2n) is 7.74. The van der Waals surface area contributed by atoms with Crippen molar-refractivity contribution in [2.45, 2.75) is 6.92 Å². The van der Waals surface area contributed by atoms with E-state index in [9.17, 15) is 14.9 Å². The van der Waals surface area contributed by atoms with Gasteiger partial charge in [0, 0.05) is 16.6 Å². The molecular formula is C25H19N7O3. The van der Waals surface area contributed by atoms with E-state index in [4.69, 9.17) is 0 Å². The molecule has 0 saturated heterocycles. The molecule has 1 amide bonds. The van der Waals surface area contributed by atoms with E-state index in [2.05, 4.69) is 31.1 Å². The molecular weight excluding hydrogens is 446 g/mol. The largest absolute Gasteiger partial charge is 0.355 e. The normalized spacial score (nSPS) is 10.8. The Kier molecular flexibility index (Phi) is 5.60. The van der Waals surface area contributed by atoms with Gasteiger partial charge in [-0.15, -0.1) is 0 Å². The van der Waals surface area contributed by atoms with Gasteiger partial charge in [0.25, 0.3) is 5.91 Å². The number of amides is 1. The average Bonchev–Trinajstić information content (AvgIpc) is 2.87. The second-order valence-corrected chi connectivity index (χ2v) is 7.74. The summed E-state index contributed by atoms with van der Waals surface area (Å²) >= 11 is 0. The van der Waals surface area contributed by atoms with E-state index in [1.165, 1.54) is 6.33 Å². The number of hydrazine groups is 1. The number of nitrogens with one attached hydrogen (secondary N) is 3. The summed E-state index contributed by atoms with van der Waals surface area (Å²) in [5.41, 5.74) is 7.10. The number of carbonyl (C=O) groups excluding carboxylic acids is 1. The summed E-state index contributed by atoms with van der Waals surface area (Å²) in [6.45, 7) is 1.87. The molecule has 35 heavy (non-hydrogen) atoms. The van der Waals surface area contributed by atoms with Crippen LogP contribution in [-0.4, -0.2) is 25.8 Å². The van der Waals surface area contributed by atoms with Gasteiger partial charge in [0.05, 0.1) is 16.1 Å². The quantitative estimate of drug-likeness (QED) is 0.238. The number of nitrogens with zero attached hydrogens (tertiary/aromatic N) is 4. The number of para-hydroxylation sites is 1. The van der Waals surface area contributed by atoms with E-state index in [0.717, 1.165) is 21.9 Å². The molecule has 0 aliphatic rings. The van der Waals surface area contributed by atoms with E-state index in [-0.39, 0.29) is 11.6 Å². The van der Waals surface area contributed by atoms with Gasteiger partial charge in [-0.25, -0.2) is 9.97 Å². The Hall–Kier alpha value is -5.12. The van der Waals surface area contributed by atoms with Crippen LogP contribution in [0.25, 0.3) is 21.7 Å². The van der Waals surface area contributed by atoms with Crippen LogP contribution in [0.5, 0.6) is 0 Å². The molecule has 0 bridgehead atoms. The van der Waals surface area contributed by atoms with E-state index in [0.29, 0.717) is 16.8 Å². The van der Waals surface area contributed by atoms with Crippen molar-refractivity contribution in [2.24, 2.45) is 0 Å². The number of aryl methyl sites for hydroxylation is 1. The summed E-state index contributed by atoms with van der Waals surface area (Å²) in [6.07, 6.45) is 1.17. The number of benzene rings is 3. The number of hydrogen-bond acceptors (Lipinski definition) is 8. The number of carbonyl (C=O) groups is 1. The lowest BCUT2D eigenvalue weighted by molar-refractivity contribution is -0.383. The van der Waals surface area contributed by atoms with Crippen LogP contribution in [0.3, 0.4) is 0 Å². The van der Waals surface area contributed by atoms with Crippen LogP contribution in [0.1, 0.15) is 16.1 Å². The first-order valence-corrected chi connectivity index (χ1v) is 10.7. The van der Waals surface area contributed by atoms with Crippen LogP contribution in [0.2, 0.25) is 0 Å². The number of anilines is 3. The lowest BCUT2D eigenvalue weighted by Crippen LogP contribution is -2.30. The van der Waals surface area contributed by atoms with Gasteiger partial charge in [-0.05, 0) is 35.9 Å². The molecule has 5 rings (SSSR count). The maximum Gasteiger partial charge on any atom is 0.355 e. The molecule has 0 saturated carbocycles. The van der Waals surface area contributed by atoms with Crippen molar-refractivity contribution in [3.05, 3.63) is 100 Å². The fraction of sp³-hybridized carbons (Fsp3) is 0.0400. The highest BCUT2D eigenvalue weighted by Gasteiger charge is 2.24. The predicted molar refractivity (Wildman–Crippen MR) is 133 cm³/mol. The Morgan fingerprint density at radius 2 is 1.63 bits per heavy atom. The van der Waals surface area contributed by atoms with Crippen LogP contribution in [0, 0.1) is 17.0 Å². The van der Waals surface area contributed by atoms with Crippen molar-refractivity contribution >= 4 is 50.6 Å². The molecule has 10 heteroatoms. The first-order valence-electron chi connectivity index (χ1n) is 10.7. The molecule has 2 aromatic heterocycles. The third-order valence-corrected chi connectivity index (χ3v) is 5.45. The van der Waals surface area contributed by atoms with Gasteiger partial charge in [-0.1, -0.05) is 54.6 Å². The Morgan fingerprint density at radius 1 is 0.886 bits per heavy atom. The molecule has 3 aromatic carbocycles. The third kappa shape index (κ3) is 4.27. The second kappa shape index (κ2) is 9.02. The fourth-order valence-corrected chi connectivity index (χ4v) is 3.81. The van der Waals surface area contributed by atoms with Gasteiger partial charge in [0.1, 0.15) is 6.33 Å². The van der Waals surface area contributed by atoms with Crippen molar-refractivity contribution < 1.29 is 9.72 Å².